The Morgan fingerprint density at radius 3 is 1.32 bits per heavy atom. The van der Waals surface area contributed by atoms with Crippen LogP contribution < -0.4 is 5.46 Å². The smallest absolute Gasteiger partial charge is 0.399 e. The fourth-order valence-electron chi connectivity index (χ4n) is 10.4. The zero-order valence-electron chi connectivity index (χ0n) is 34.2. The van der Waals surface area contributed by atoms with Crippen LogP contribution in [-0.4, -0.2) is 18.3 Å². The number of hydrogen-bond acceptors (Lipinski definition) is 2. The van der Waals surface area contributed by atoms with Gasteiger partial charge in [0, 0.05) is 10.8 Å². The summed E-state index contributed by atoms with van der Waals surface area (Å²) in [5.74, 6) is 0. The van der Waals surface area contributed by atoms with Crippen LogP contribution in [0.15, 0.2) is 140 Å². The van der Waals surface area contributed by atoms with Crippen molar-refractivity contribution in [3.05, 3.63) is 162 Å². The third-order valence-electron chi connectivity index (χ3n) is 14.3. The molecule has 8 aromatic carbocycles. The average Bonchev–Trinajstić information content (AvgIpc) is 3.69. The van der Waals surface area contributed by atoms with Crippen molar-refractivity contribution in [1.82, 2.24) is 0 Å². The van der Waals surface area contributed by atoms with Crippen LogP contribution in [0.2, 0.25) is 0 Å². The van der Waals surface area contributed by atoms with Gasteiger partial charge in [0.1, 0.15) is 0 Å². The van der Waals surface area contributed by atoms with Crippen LogP contribution in [0.1, 0.15) is 77.6 Å². The fourth-order valence-corrected chi connectivity index (χ4v) is 10.4. The van der Waals surface area contributed by atoms with Crippen LogP contribution in [0.4, 0.5) is 0 Å². The van der Waals surface area contributed by atoms with E-state index in [1.54, 1.807) is 0 Å². The van der Waals surface area contributed by atoms with Gasteiger partial charge >= 0.3 is 7.12 Å². The van der Waals surface area contributed by atoms with E-state index in [0.717, 1.165) is 5.46 Å². The van der Waals surface area contributed by atoms with Gasteiger partial charge in [-0.1, -0.05) is 143 Å². The molecule has 8 aromatic rings. The van der Waals surface area contributed by atoms with E-state index >= 15 is 0 Å². The van der Waals surface area contributed by atoms with Crippen LogP contribution >= 0.6 is 0 Å². The summed E-state index contributed by atoms with van der Waals surface area (Å²) >= 11 is 0. The zero-order chi connectivity index (χ0) is 39.2. The molecule has 3 aliphatic rings. The second-order valence-electron chi connectivity index (χ2n) is 18.7. The molecule has 2 aliphatic carbocycles. The summed E-state index contributed by atoms with van der Waals surface area (Å²) < 4.78 is 13.3. The van der Waals surface area contributed by atoms with E-state index in [4.69, 9.17) is 9.31 Å². The normalized spacial score (nSPS) is 17.9. The molecule has 0 atom stereocenters. The maximum absolute atomic E-state index is 6.64. The third-order valence-corrected chi connectivity index (χ3v) is 14.3. The van der Waals surface area contributed by atoms with Crippen molar-refractivity contribution in [2.24, 2.45) is 0 Å². The van der Waals surface area contributed by atoms with Gasteiger partial charge in [0.05, 0.1) is 11.2 Å². The molecule has 0 N–H and O–H groups in total. The third kappa shape index (κ3) is 4.79. The maximum Gasteiger partial charge on any atom is 0.494 e. The molecule has 2 nitrogen and oxygen atoms in total. The summed E-state index contributed by atoms with van der Waals surface area (Å²) in [5, 5.41) is 7.47. The minimum atomic E-state index is -0.456. The lowest BCUT2D eigenvalue weighted by molar-refractivity contribution is 0.00578. The van der Waals surface area contributed by atoms with Crippen molar-refractivity contribution in [3.8, 4) is 44.5 Å². The summed E-state index contributed by atoms with van der Waals surface area (Å²) in [4.78, 5) is 0. The molecule has 11 rings (SSSR count). The van der Waals surface area contributed by atoms with Crippen molar-refractivity contribution in [1.29, 1.82) is 0 Å². The van der Waals surface area contributed by atoms with Crippen LogP contribution in [0.5, 0.6) is 0 Å². The van der Waals surface area contributed by atoms with Crippen LogP contribution in [0.25, 0.3) is 76.8 Å². The minimum absolute atomic E-state index is 0.0775. The molecule has 0 aromatic heterocycles. The Kier molecular flexibility index (Phi) is 7.05. The molecule has 1 aliphatic heterocycles. The van der Waals surface area contributed by atoms with Gasteiger partial charge in [0.2, 0.25) is 0 Å². The van der Waals surface area contributed by atoms with E-state index in [-0.39, 0.29) is 10.8 Å². The van der Waals surface area contributed by atoms with E-state index in [9.17, 15) is 0 Å². The molecule has 3 heteroatoms. The first-order valence-electron chi connectivity index (χ1n) is 20.5. The first-order valence-corrected chi connectivity index (χ1v) is 20.5. The second kappa shape index (κ2) is 11.6. The van der Waals surface area contributed by atoms with Gasteiger partial charge in [0.15, 0.2) is 0 Å². The highest BCUT2D eigenvalue weighted by atomic mass is 16.7. The average molecular weight is 739 g/mol. The molecule has 278 valence electrons. The molecule has 0 radical (unpaired) electrons. The molecule has 1 saturated heterocycles. The predicted molar refractivity (Wildman–Crippen MR) is 241 cm³/mol. The van der Waals surface area contributed by atoms with Crippen LogP contribution in [-0.2, 0) is 20.1 Å². The molecular weight excluding hydrogens is 691 g/mol. The number of rotatable bonds is 3. The molecule has 0 spiro atoms. The fraction of sp³-hybridized carbons (Fsp3) is 0.222. The van der Waals surface area contributed by atoms with Crippen molar-refractivity contribution in [2.45, 2.75) is 77.4 Å². The van der Waals surface area contributed by atoms with E-state index in [0.29, 0.717) is 0 Å². The van der Waals surface area contributed by atoms with Crippen molar-refractivity contribution in [3.63, 3.8) is 0 Å². The van der Waals surface area contributed by atoms with Gasteiger partial charge in [-0.05, 0) is 157 Å². The van der Waals surface area contributed by atoms with Gasteiger partial charge in [-0.25, -0.2) is 0 Å². The van der Waals surface area contributed by atoms with Gasteiger partial charge in [0.25, 0.3) is 0 Å². The molecule has 0 amide bonds. The summed E-state index contributed by atoms with van der Waals surface area (Å²) in [6, 6.07) is 52.9. The summed E-state index contributed by atoms with van der Waals surface area (Å²) in [7, 11) is -0.456. The summed E-state index contributed by atoms with van der Waals surface area (Å²) in [6.45, 7) is 18.0. The van der Waals surface area contributed by atoms with Crippen molar-refractivity contribution >= 4 is 44.9 Å². The topological polar surface area (TPSA) is 18.5 Å². The highest BCUT2D eigenvalue weighted by molar-refractivity contribution is 6.62. The van der Waals surface area contributed by atoms with Crippen molar-refractivity contribution in [2.75, 3.05) is 0 Å². The molecular formula is C54H47BO2. The zero-order valence-corrected chi connectivity index (χ0v) is 34.2. The van der Waals surface area contributed by atoms with Gasteiger partial charge in [-0.2, -0.15) is 0 Å². The lowest BCUT2D eigenvalue weighted by Gasteiger charge is -2.32. The minimum Gasteiger partial charge on any atom is -0.399 e. The summed E-state index contributed by atoms with van der Waals surface area (Å²) in [5.41, 5.74) is 15.9. The Hall–Kier alpha value is -5.48. The lowest BCUT2D eigenvalue weighted by Crippen LogP contribution is -2.41. The monoisotopic (exact) mass is 738 g/mol. The first kappa shape index (κ1) is 34.7. The van der Waals surface area contributed by atoms with Crippen LogP contribution in [0.3, 0.4) is 0 Å². The maximum atomic E-state index is 6.64. The molecule has 0 saturated carbocycles. The number of fused-ring (bicyclic) bond motifs is 11. The highest BCUT2D eigenvalue weighted by Crippen LogP contribution is 2.52. The standard InChI is InChI=1S/C54H47BO2/c1-51(2)47-19-13-11-17-38(47)40-24-21-32(27-49(40)51)42-30-46-37-26-23-34(55-56-53(5,6)54(7,8)57-55)29-44(37)43(31-45(46)36-16-10-9-15-35(36)42)33-22-25-41-39-18-12-14-20-48(39)52(3,4)50(41)28-33/h9-31H,1-8H3. The Bertz CT molecular complexity index is 3020. The van der Waals surface area contributed by atoms with Crippen LogP contribution in [0, 0.1) is 0 Å². The van der Waals surface area contributed by atoms with E-state index < -0.39 is 18.3 Å². The Balaban J connectivity index is 1.17. The summed E-state index contributed by atoms with van der Waals surface area (Å²) in [6.07, 6.45) is 0. The van der Waals surface area contributed by atoms with E-state index in [1.165, 1.54) is 99.1 Å². The molecule has 57 heavy (non-hydrogen) atoms. The van der Waals surface area contributed by atoms with E-state index in [2.05, 4.69) is 195 Å². The van der Waals surface area contributed by atoms with Gasteiger partial charge < -0.3 is 9.31 Å². The first-order chi connectivity index (χ1) is 27.2. The second-order valence-corrected chi connectivity index (χ2v) is 18.7. The van der Waals surface area contributed by atoms with E-state index in [1.807, 2.05) is 0 Å². The molecule has 1 fully saturated rings. The van der Waals surface area contributed by atoms with Gasteiger partial charge in [-0.15, -0.1) is 0 Å². The SMILES string of the molecule is CC1(C)c2ccccc2-c2ccc(-c3cc4c5ccc(B6OC(C)(C)C(C)(C)O6)cc5c(-c5ccc6c(c5)C(C)(C)c5ccccc5-6)cc4c4ccccc34)cc21. The molecule has 0 unspecified atom stereocenters. The number of benzene rings is 8. The largest absolute Gasteiger partial charge is 0.494 e. The highest BCUT2D eigenvalue weighted by Gasteiger charge is 2.51. The Morgan fingerprint density at radius 2 is 0.772 bits per heavy atom. The quantitative estimate of drug-likeness (QED) is 0.133. The molecule has 1 heterocycles. The van der Waals surface area contributed by atoms with Crippen molar-refractivity contribution < 1.29 is 9.31 Å². The molecule has 0 bridgehead atoms. The predicted octanol–water partition coefficient (Wildman–Crippen LogP) is 13.4. The number of hydrogen-bond donors (Lipinski definition) is 0. The lowest BCUT2D eigenvalue weighted by atomic mass is 9.76. The van der Waals surface area contributed by atoms with Gasteiger partial charge in [-0.3, -0.25) is 0 Å². The Labute approximate surface area is 336 Å². The Morgan fingerprint density at radius 1 is 0.333 bits per heavy atom.